The number of aromatic nitrogens is 3. The van der Waals surface area contributed by atoms with Crippen LogP contribution in [-0.4, -0.2) is 33.9 Å². The van der Waals surface area contributed by atoms with Crippen molar-refractivity contribution in [3.63, 3.8) is 0 Å². The fourth-order valence-electron chi connectivity index (χ4n) is 1.23. The third-order valence-corrected chi connectivity index (χ3v) is 1.91. The summed E-state index contributed by atoms with van der Waals surface area (Å²) in [5.74, 6) is 0.00954. The van der Waals surface area contributed by atoms with Gasteiger partial charge in [-0.05, 0) is 6.42 Å². The fraction of sp³-hybridized carbons (Fsp3) is 0.500. The van der Waals surface area contributed by atoms with Gasteiger partial charge in [0.1, 0.15) is 5.69 Å². The number of aryl methyl sites for hydroxylation is 1. The summed E-state index contributed by atoms with van der Waals surface area (Å²) in [6, 6.07) is 0. The molecule has 0 aliphatic heterocycles. The zero-order valence-corrected chi connectivity index (χ0v) is 8.94. The number of nitrogens with zero attached hydrogens (tertiary/aromatic N) is 3. The monoisotopic (exact) mass is 208 g/mol. The van der Waals surface area contributed by atoms with E-state index in [0.717, 1.165) is 13.0 Å². The lowest BCUT2D eigenvalue weighted by Crippen LogP contribution is -2.25. The molecule has 0 radical (unpaired) electrons. The topological polar surface area (TPSA) is 59.8 Å². The van der Waals surface area contributed by atoms with Crippen LogP contribution in [0, 0.1) is 0 Å². The molecule has 0 saturated heterocycles. The van der Waals surface area contributed by atoms with Crippen LogP contribution in [0.5, 0.6) is 0 Å². The molecule has 0 fully saturated rings. The summed E-state index contributed by atoms with van der Waals surface area (Å²) in [6.45, 7) is 7.24. The van der Waals surface area contributed by atoms with E-state index in [-0.39, 0.29) is 5.78 Å². The number of hydrogen-bond donors (Lipinski definition) is 1. The number of hydrogen-bond acceptors (Lipinski definition) is 4. The fourth-order valence-corrected chi connectivity index (χ4v) is 1.23. The Bertz CT molecular complexity index is 332. The van der Waals surface area contributed by atoms with Gasteiger partial charge in [0.15, 0.2) is 5.78 Å². The molecule has 1 rings (SSSR count). The lowest BCUT2D eigenvalue weighted by atomic mass is 10.3. The number of Topliss-reactive ketones (excluding diaryl/α,β-unsaturated/α-hetero) is 1. The Hall–Kier alpha value is -1.49. The second-order valence-electron chi connectivity index (χ2n) is 3.19. The second-order valence-corrected chi connectivity index (χ2v) is 3.19. The molecule has 0 atom stereocenters. The SMILES string of the molecule is C=CCNCC(=O)c1cnnn1CCC. The van der Waals surface area contributed by atoms with E-state index < -0.39 is 0 Å². The van der Waals surface area contributed by atoms with Gasteiger partial charge in [0.2, 0.25) is 0 Å². The van der Waals surface area contributed by atoms with Crippen LogP contribution in [0.15, 0.2) is 18.9 Å². The third-order valence-electron chi connectivity index (χ3n) is 1.91. The summed E-state index contributed by atoms with van der Waals surface area (Å²) >= 11 is 0. The van der Waals surface area contributed by atoms with Gasteiger partial charge in [-0.3, -0.25) is 4.79 Å². The second kappa shape index (κ2) is 6.08. The van der Waals surface area contributed by atoms with Gasteiger partial charge >= 0.3 is 0 Å². The van der Waals surface area contributed by atoms with Gasteiger partial charge in [-0.25, -0.2) is 4.68 Å². The van der Waals surface area contributed by atoms with Crippen molar-refractivity contribution in [1.29, 1.82) is 0 Å². The molecule has 0 aliphatic rings. The molecule has 0 aliphatic carbocycles. The Labute approximate surface area is 89.2 Å². The Kier molecular flexibility index (Phi) is 4.70. The maximum atomic E-state index is 11.7. The van der Waals surface area contributed by atoms with E-state index in [9.17, 15) is 4.79 Å². The van der Waals surface area contributed by atoms with Crippen molar-refractivity contribution in [2.75, 3.05) is 13.1 Å². The molecule has 0 saturated carbocycles. The first-order chi connectivity index (χ1) is 7.29. The lowest BCUT2D eigenvalue weighted by molar-refractivity contribution is 0.0982. The number of nitrogens with one attached hydrogen (secondary N) is 1. The highest BCUT2D eigenvalue weighted by Gasteiger charge is 2.11. The number of rotatable bonds is 7. The number of ketones is 1. The van der Waals surface area contributed by atoms with Crippen LogP contribution < -0.4 is 5.32 Å². The molecular formula is C10H16N4O. The lowest BCUT2D eigenvalue weighted by Gasteiger charge is -2.03. The summed E-state index contributed by atoms with van der Waals surface area (Å²) in [7, 11) is 0. The highest BCUT2D eigenvalue weighted by atomic mass is 16.1. The quantitative estimate of drug-likeness (QED) is 0.406. The average Bonchev–Trinajstić information content (AvgIpc) is 2.67. The zero-order chi connectivity index (χ0) is 11.1. The average molecular weight is 208 g/mol. The van der Waals surface area contributed by atoms with E-state index in [4.69, 9.17) is 0 Å². The van der Waals surface area contributed by atoms with E-state index in [0.29, 0.717) is 18.8 Å². The maximum absolute atomic E-state index is 11.7. The Morgan fingerprint density at radius 2 is 2.53 bits per heavy atom. The molecule has 0 aromatic carbocycles. The molecule has 82 valence electrons. The van der Waals surface area contributed by atoms with Crippen LogP contribution in [0.4, 0.5) is 0 Å². The van der Waals surface area contributed by atoms with Crippen molar-refractivity contribution in [2.45, 2.75) is 19.9 Å². The van der Waals surface area contributed by atoms with Crippen molar-refractivity contribution >= 4 is 5.78 Å². The van der Waals surface area contributed by atoms with E-state index in [1.54, 1.807) is 10.8 Å². The van der Waals surface area contributed by atoms with Crippen LogP contribution >= 0.6 is 0 Å². The number of carbonyl (C=O) groups excluding carboxylic acids is 1. The van der Waals surface area contributed by atoms with Gasteiger partial charge in [0.05, 0.1) is 12.7 Å². The maximum Gasteiger partial charge on any atom is 0.196 e. The van der Waals surface area contributed by atoms with Crippen LogP contribution in [0.1, 0.15) is 23.8 Å². The number of carbonyl (C=O) groups is 1. The van der Waals surface area contributed by atoms with Crippen LogP contribution in [0.25, 0.3) is 0 Å². The van der Waals surface area contributed by atoms with Crippen molar-refractivity contribution < 1.29 is 4.79 Å². The normalized spacial score (nSPS) is 10.2. The van der Waals surface area contributed by atoms with Crippen LogP contribution in [0.2, 0.25) is 0 Å². The Morgan fingerprint density at radius 3 is 3.20 bits per heavy atom. The molecule has 1 N–H and O–H groups in total. The largest absolute Gasteiger partial charge is 0.306 e. The highest BCUT2D eigenvalue weighted by Crippen LogP contribution is 1.98. The molecule has 15 heavy (non-hydrogen) atoms. The minimum Gasteiger partial charge on any atom is -0.306 e. The molecule has 0 amide bonds. The molecular weight excluding hydrogens is 192 g/mol. The predicted molar refractivity (Wildman–Crippen MR) is 57.7 cm³/mol. The minimum absolute atomic E-state index is 0.00954. The minimum atomic E-state index is 0.00954. The zero-order valence-electron chi connectivity index (χ0n) is 8.94. The summed E-state index contributed by atoms with van der Waals surface area (Å²) in [5.41, 5.74) is 0.563. The van der Waals surface area contributed by atoms with E-state index in [2.05, 4.69) is 22.2 Å². The van der Waals surface area contributed by atoms with Gasteiger partial charge < -0.3 is 5.32 Å². The van der Waals surface area contributed by atoms with Crippen molar-refractivity contribution in [3.8, 4) is 0 Å². The highest BCUT2D eigenvalue weighted by molar-refractivity contribution is 5.95. The standard InChI is InChI=1S/C10H16N4O/c1-3-5-11-8-10(15)9-7-12-13-14(9)6-4-2/h3,7,11H,1,4-6,8H2,2H3. The smallest absolute Gasteiger partial charge is 0.196 e. The molecule has 0 spiro atoms. The van der Waals surface area contributed by atoms with Crippen LogP contribution in [-0.2, 0) is 6.54 Å². The van der Waals surface area contributed by atoms with Gasteiger partial charge in [-0.15, -0.1) is 11.7 Å². The van der Waals surface area contributed by atoms with E-state index in [1.807, 2.05) is 6.92 Å². The van der Waals surface area contributed by atoms with Crippen molar-refractivity contribution in [1.82, 2.24) is 20.3 Å². The van der Waals surface area contributed by atoms with Gasteiger partial charge in [0.25, 0.3) is 0 Å². The Morgan fingerprint density at radius 1 is 1.73 bits per heavy atom. The van der Waals surface area contributed by atoms with Crippen LogP contribution in [0.3, 0.4) is 0 Å². The first-order valence-electron chi connectivity index (χ1n) is 5.03. The first kappa shape index (κ1) is 11.6. The Balaban J connectivity index is 2.56. The van der Waals surface area contributed by atoms with Crippen molar-refractivity contribution in [2.24, 2.45) is 0 Å². The first-order valence-corrected chi connectivity index (χ1v) is 5.03. The molecule has 1 heterocycles. The van der Waals surface area contributed by atoms with E-state index >= 15 is 0 Å². The van der Waals surface area contributed by atoms with Crippen molar-refractivity contribution in [3.05, 3.63) is 24.5 Å². The van der Waals surface area contributed by atoms with Gasteiger partial charge in [-0.2, -0.15) is 0 Å². The molecule has 0 unspecified atom stereocenters. The summed E-state index contributed by atoms with van der Waals surface area (Å²) in [4.78, 5) is 11.7. The molecule has 5 heteroatoms. The molecule has 1 aromatic rings. The molecule has 1 aromatic heterocycles. The summed E-state index contributed by atoms with van der Waals surface area (Å²) in [5, 5.41) is 10.5. The summed E-state index contributed by atoms with van der Waals surface area (Å²) in [6.07, 6.45) is 4.16. The molecule has 0 bridgehead atoms. The predicted octanol–water partition coefficient (Wildman–Crippen LogP) is 0.646. The van der Waals surface area contributed by atoms with Gasteiger partial charge in [0, 0.05) is 13.1 Å². The van der Waals surface area contributed by atoms with E-state index in [1.165, 1.54) is 6.20 Å². The molecule has 5 nitrogen and oxygen atoms in total. The van der Waals surface area contributed by atoms with Gasteiger partial charge in [-0.1, -0.05) is 18.2 Å². The third kappa shape index (κ3) is 3.28. The summed E-state index contributed by atoms with van der Waals surface area (Å²) < 4.78 is 1.64.